The van der Waals surface area contributed by atoms with Crippen molar-refractivity contribution >= 4 is 24.0 Å². The molecular formula is C21H18N2O5. The summed E-state index contributed by atoms with van der Waals surface area (Å²) in [5.41, 5.74) is 1.77. The van der Waals surface area contributed by atoms with E-state index in [-0.39, 0.29) is 11.3 Å². The molecule has 3 rings (SSSR count). The van der Waals surface area contributed by atoms with E-state index in [0.717, 1.165) is 5.56 Å². The summed E-state index contributed by atoms with van der Waals surface area (Å²) in [6.07, 6.45) is 2.97. The fraction of sp³-hybridized carbons (Fsp3) is 0.0952. The second-order valence-electron chi connectivity index (χ2n) is 6.11. The summed E-state index contributed by atoms with van der Waals surface area (Å²) < 4.78 is 5.24. The van der Waals surface area contributed by atoms with Crippen LogP contribution in [-0.2, 0) is 9.59 Å². The molecule has 0 radical (unpaired) electrons. The number of ether oxygens (including phenoxy) is 1. The van der Waals surface area contributed by atoms with Gasteiger partial charge in [0.2, 0.25) is 0 Å². The Bertz CT molecular complexity index is 962. The van der Waals surface area contributed by atoms with Crippen LogP contribution in [0, 0.1) is 0 Å². The van der Waals surface area contributed by atoms with Crippen molar-refractivity contribution < 1.29 is 24.2 Å². The smallest absolute Gasteiger partial charge is 0.336 e. The number of rotatable bonds is 5. The van der Waals surface area contributed by atoms with E-state index in [0.29, 0.717) is 11.3 Å². The number of carbonyl (C=O) groups excluding carboxylic acids is 2. The van der Waals surface area contributed by atoms with Gasteiger partial charge in [-0.3, -0.25) is 0 Å². The van der Waals surface area contributed by atoms with Crippen molar-refractivity contribution in [1.82, 2.24) is 10.6 Å². The Balaban J connectivity index is 1.72. The minimum Gasteiger partial charge on any atom is -0.478 e. The van der Waals surface area contributed by atoms with E-state index >= 15 is 0 Å². The van der Waals surface area contributed by atoms with Gasteiger partial charge in [0.25, 0.3) is 0 Å². The molecule has 2 aromatic rings. The number of esters is 1. The van der Waals surface area contributed by atoms with Gasteiger partial charge in [0.1, 0.15) is 5.75 Å². The molecule has 1 aliphatic rings. The molecular weight excluding hydrogens is 360 g/mol. The molecule has 1 aliphatic heterocycles. The van der Waals surface area contributed by atoms with Crippen molar-refractivity contribution in [3.8, 4) is 5.75 Å². The molecule has 2 aromatic carbocycles. The average Bonchev–Trinajstić information content (AvgIpc) is 2.67. The van der Waals surface area contributed by atoms with Gasteiger partial charge >= 0.3 is 18.0 Å². The fourth-order valence-corrected chi connectivity index (χ4v) is 2.83. The molecule has 28 heavy (non-hydrogen) atoms. The topological polar surface area (TPSA) is 105 Å². The molecule has 7 nitrogen and oxygen atoms in total. The second-order valence-corrected chi connectivity index (χ2v) is 6.11. The molecule has 0 aromatic heterocycles. The van der Waals surface area contributed by atoms with E-state index in [2.05, 4.69) is 10.6 Å². The Morgan fingerprint density at radius 3 is 2.39 bits per heavy atom. The number of carboxylic acid groups (broad SMARTS) is 1. The fourth-order valence-electron chi connectivity index (χ4n) is 2.83. The Labute approximate surface area is 161 Å². The zero-order chi connectivity index (χ0) is 20.1. The number of carbonyl (C=O) groups is 3. The Kier molecular flexibility index (Phi) is 5.55. The summed E-state index contributed by atoms with van der Waals surface area (Å²) in [6, 6.07) is 14.4. The summed E-state index contributed by atoms with van der Waals surface area (Å²) in [7, 11) is 0. The van der Waals surface area contributed by atoms with Crippen molar-refractivity contribution in [3.63, 3.8) is 0 Å². The van der Waals surface area contributed by atoms with Crippen molar-refractivity contribution in [2.75, 3.05) is 0 Å². The van der Waals surface area contributed by atoms with Crippen molar-refractivity contribution in [3.05, 3.63) is 83.1 Å². The molecule has 0 saturated heterocycles. The van der Waals surface area contributed by atoms with Gasteiger partial charge in [-0.05, 0) is 36.3 Å². The molecule has 0 spiro atoms. The van der Waals surface area contributed by atoms with Gasteiger partial charge in [0.05, 0.1) is 11.6 Å². The van der Waals surface area contributed by atoms with Crippen LogP contribution in [0.2, 0.25) is 0 Å². The van der Waals surface area contributed by atoms with Gasteiger partial charge < -0.3 is 20.5 Å². The summed E-state index contributed by atoms with van der Waals surface area (Å²) in [5.74, 6) is -1.35. The second kappa shape index (κ2) is 8.22. The van der Waals surface area contributed by atoms with E-state index in [1.54, 1.807) is 30.3 Å². The first-order valence-corrected chi connectivity index (χ1v) is 8.50. The van der Waals surface area contributed by atoms with Gasteiger partial charge in [-0.2, -0.15) is 0 Å². The predicted octanol–water partition coefficient (Wildman–Crippen LogP) is 3.02. The Hall–Kier alpha value is -3.87. The van der Waals surface area contributed by atoms with Gasteiger partial charge in [-0.1, -0.05) is 42.5 Å². The molecule has 1 heterocycles. The highest BCUT2D eigenvalue weighted by molar-refractivity contribution is 5.93. The van der Waals surface area contributed by atoms with Crippen LogP contribution in [0.1, 0.15) is 24.1 Å². The molecule has 1 unspecified atom stereocenters. The highest BCUT2D eigenvalue weighted by Crippen LogP contribution is 2.28. The van der Waals surface area contributed by atoms with Crippen LogP contribution in [-0.4, -0.2) is 23.1 Å². The first kappa shape index (κ1) is 18.9. The van der Waals surface area contributed by atoms with Gasteiger partial charge in [0, 0.05) is 11.8 Å². The molecule has 2 amide bonds. The molecule has 3 N–H and O–H groups in total. The quantitative estimate of drug-likeness (QED) is 0.421. The monoisotopic (exact) mass is 378 g/mol. The van der Waals surface area contributed by atoms with Crippen LogP contribution < -0.4 is 15.4 Å². The number of aliphatic carboxylic acids is 1. The third-order valence-electron chi connectivity index (χ3n) is 4.14. The molecule has 0 saturated carbocycles. The average molecular weight is 378 g/mol. The lowest BCUT2D eigenvalue weighted by atomic mass is 9.95. The van der Waals surface area contributed by atoms with Crippen LogP contribution in [0.4, 0.5) is 4.79 Å². The lowest BCUT2D eigenvalue weighted by Gasteiger charge is -2.27. The number of hydrogen-bond donors (Lipinski definition) is 3. The first-order chi connectivity index (χ1) is 13.4. The largest absolute Gasteiger partial charge is 0.478 e. The number of nitrogens with one attached hydrogen (secondary N) is 2. The normalized spacial score (nSPS) is 16.5. The summed E-state index contributed by atoms with van der Waals surface area (Å²) in [4.78, 5) is 35.2. The highest BCUT2D eigenvalue weighted by atomic mass is 16.5. The lowest BCUT2D eigenvalue weighted by Crippen LogP contribution is -2.45. The van der Waals surface area contributed by atoms with Crippen LogP contribution in [0.25, 0.3) is 6.08 Å². The Morgan fingerprint density at radius 1 is 1.07 bits per heavy atom. The van der Waals surface area contributed by atoms with Crippen LogP contribution in [0.15, 0.2) is 71.9 Å². The molecule has 0 bridgehead atoms. The summed E-state index contributed by atoms with van der Waals surface area (Å²) >= 11 is 0. The Morgan fingerprint density at radius 2 is 1.75 bits per heavy atom. The first-order valence-electron chi connectivity index (χ1n) is 8.50. The van der Waals surface area contributed by atoms with E-state index in [1.165, 1.54) is 13.0 Å². The van der Waals surface area contributed by atoms with Crippen LogP contribution >= 0.6 is 0 Å². The third-order valence-corrected chi connectivity index (χ3v) is 4.14. The van der Waals surface area contributed by atoms with Crippen molar-refractivity contribution in [1.29, 1.82) is 0 Å². The molecule has 7 heteroatoms. The zero-order valence-corrected chi connectivity index (χ0v) is 15.0. The minimum atomic E-state index is -1.13. The molecule has 1 atom stereocenters. The van der Waals surface area contributed by atoms with E-state index in [4.69, 9.17) is 4.74 Å². The summed E-state index contributed by atoms with van der Waals surface area (Å²) in [6.45, 7) is 1.53. The van der Waals surface area contributed by atoms with E-state index < -0.39 is 24.0 Å². The van der Waals surface area contributed by atoms with Gasteiger partial charge in [-0.15, -0.1) is 0 Å². The van der Waals surface area contributed by atoms with Crippen LogP contribution in [0.5, 0.6) is 5.75 Å². The van der Waals surface area contributed by atoms with Gasteiger partial charge in [0.15, 0.2) is 0 Å². The number of carboxylic acids is 1. The maximum atomic E-state index is 11.9. The third kappa shape index (κ3) is 4.45. The number of urea groups is 1. The zero-order valence-electron chi connectivity index (χ0n) is 15.0. The van der Waals surface area contributed by atoms with Crippen molar-refractivity contribution in [2.24, 2.45) is 0 Å². The number of benzene rings is 2. The number of allylic oxidation sites excluding steroid dienone is 1. The lowest BCUT2D eigenvalue weighted by molar-refractivity contribution is -0.133. The predicted molar refractivity (Wildman–Crippen MR) is 102 cm³/mol. The molecule has 0 fully saturated rings. The van der Waals surface area contributed by atoms with Crippen molar-refractivity contribution in [2.45, 2.75) is 13.0 Å². The highest BCUT2D eigenvalue weighted by Gasteiger charge is 2.30. The standard InChI is InChI=1S/C21H18N2O5/c1-13-18(20(25)26)19(23-21(27)22-13)15-8-10-16(11-9-15)28-17(24)12-7-14-5-3-2-4-6-14/h2-12,19H,1H3,(H,25,26)(H2,22,23,27). The number of hydrogen-bond acceptors (Lipinski definition) is 4. The van der Waals surface area contributed by atoms with Crippen LogP contribution in [0.3, 0.4) is 0 Å². The SMILES string of the molecule is CC1=C(C(=O)O)C(c2ccc(OC(=O)C=Cc3ccccc3)cc2)NC(=O)N1. The maximum absolute atomic E-state index is 11.9. The maximum Gasteiger partial charge on any atom is 0.336 e. The summed E-state index contributed by atoms with van der Waals surface area (Å²) in [5, 5.41) is 14.5. The van der Waals surface area contributed by atoms with E-state index in [9.17, 15) is 19.5 Å². The minimum absolute atomic E-state index is 0.0511. The van der Waals surface area contributed by atoms with E-state index in [1.807, 2.05) is 30.3 Å². The van der Waals surface area contributed by atoms with Gasteiger partial charge in [-0.25, -0.2) is 14.4 Å². The molecule has 0 aliphatic carbocycles. The number of amides is 2. The molecule has 142 valence electrons.